The Morgan fingerprint density at radius 3 is 2.38 bits per heavy atom. The average Bonchev–Trinajstić information content (AvgIpc) is 2.26. The van der Waals surface area contributed by atoms with Crippen molar-refractivity contribution in [3.05, 3.63) is 41.4 Å². The van der Waals surface area contributed by atoms with Crippen LogP contribution in [-0.2, 0) is 9.59 Å². The molecule has 0 aromatic heterocycles. The summed E-state index contributed by atoms with van der Waals surface area (Å²) in [7, 11) is 0. The first-order valence-electron chi connectivity index (χ1n) is 4.46. The number of carboxylic acid groups (broad SMARTS) is 1. The molecule has 1 N–H and O–H groups in total. The smallest absolute Gasteiger partial charge is 0.323 e. The van der Waals surface area contributed by atoms with Gasteiger partial charge < -0.3 is 5.11 Å². The van der Waals surface area contributed by atoms with E-state index in [0.29, 0.717) is 5.69 Å². The summed E-state index contributed by atoms with van der Waals surface area (Å²) >= 11 is 3.26. The number of anilines is 1. The van der Waals surface area contributed by atoms with Gasteiger partial charge >= 0.3 is 5.97 Å². The first kappa shape index (κ1) is 12.4. The molecule has 0 saturated carbocycles. The van der Waals surface area contributed by atoms with E-state index in [1.807, 2.05) is 0 Å². The summed E-state index contributed by atoms with van der Waals surface area (Å²) in [5.74, 6) is -1.51. The number of halogens is 1. The number of carboxylic acids is 1. The second-order valence-electron chi connectivity index (χ2n) is 3.00. The molecule has 4 nitrogen and oxygen atoms in total. The average molecular weight is 284 g/mol. The van der Waals surface area contributed by atoms with Crippen molar-refractivity contribution in [1.82, 2.24) is 0 Å². The topological polar surface area (TPSA) is 57.6 Å². The van der Waals surface area contributed by atoms with Crippen molar-refractivity contribution in [3.8, 4) is 0 Å². The number of aliphatic carboxylic acids is 1. The highest BCUT2D eigenvalue weighted by molar-refractivity contribution is 9.10. The Morgan fingerprint density at radius 2 is 1.94 bits per heavy atom. The Bertz CT molecular complexity index is 414. The standard InChI is InChI=1S/C11H10BrNO3/c1-2-10(14)13(7-11(15)16)9-5-3-8(12)4-6-9/h2-6H,1,7H2,(H,15,16). The maximum Gasteiger partial charge on any atom is 0.323 e. The Balaban J connectivity index is 3.00. The number of carbonyl (C=O) groups is 2. The molecule has 0 unspecified atom stereocenters. The zero-order chi connectivity index (χ0) is 12.1. The zero-order valence-electron chi connectivity index (χ0n) is 8.39. The molecule has 0 heterocycles. The quantitative estimate of drug-likeness (QED) is 0.861. The van der Waals surface area contributed by atoms with Crippen LogP contribution >= 0.6 is 15.9 Å². The first-order valence-corrected chi connectivity index (χ1v) is 5.25. The van der Waals surface area contributed by atoms with Gasteiger partial charge in [0, 0.05) is 10.2 Å². The Hall–Kier alpha value is -1.62. The third-order valence-corrected chi connectivity index (χ3v) is 2.40. The summed E-state index contributed by atoms with van der Waals surface area (Å²) in [5.41, 5.74) is 0.524. The molecule has 1 rings (SSSR count). The molecule has 0 fully saturated rings. The van der Waals surface area contributed by atoms with Crippen molar-refractivity contribution in [2.45, 2.75) is 0 Å². The van der Waals surface area contributed by atoms with E-state index < -0.39 is 11.9 Å². The molecular formula is C11H10BrNO3. The molecule has 1 aromatic rings. The largest absolute Gasteiger partial charge is 0.480 e. The lowest BCUT2D eigenvalue weighted by molar-refractivity contribution is -0.136. The fraction of sp³-hybridized carbons (Fsp3) is 0.0909. The van der Waals surface area contributed by atoms with Crippen LogP contribution < -0.4 is 4.90 Å². The lowest BCUT2D eigenvalue weighted by atomic mass is 10.3. The third-order valence-electron chi connectivity index (χ3n) is 1.87. The van der Waals surface area contributed by atoms with Crippen molar-refractivity contribution >= 4 is 33.5 Å². The predicted molar refractivity (Wildman–Crippen MR) is 64.3 cm³/mol. The highest BCUT2D eigenvalue weighted by atomic mass is 79.9. The van der Waals surface area contributed by atoms with Crippen LogP contribution in [0.15, 0.2) is 41.4 Å². The van der Waals surface area contributed by atoms with Crippen molar-refractivity contribution in [3.63, 3.8) is 0 Å². The minimum atomic E-state index is -1.07. The van der Waals surface area contributed by atoms with Crippen LogP contribution in [0.4, 0.5) is 5.69 Å². The van der Waals surface area contributed by atoms with Gasteiger partial charge in [-0.1, -0.05) is 22.5 Å². The fourth-order valence-electron chi connectivity index (χ4n) is 1.16. The molecular weight excluding hydrogens is 274 g/mol. The van der Waals surface area contributed by atoms with Crippen LogP contribution in [0.1, 0.15) is 0 Å². The summed E-state index contributed by atoms with van der Waals surface area (Å²) < 4.78 is 0.859. The van der Waals surface area contributed by atoms with E-state index in [4.69, 9.17) is 5.11 Å². The second-order valence-corrected chi connectivity index (χ2v) is 3.91. The van der Waals surface area contributed by atoms with Gasteiger partial charge in [0.05, 0.1) is 0 Å². The van der Waals surface area contributed by atoms with E-state index in [-0.39, 0.29) is 6.54 Å². The summed E-state index contributed by atoms with van der Waals surface area (Å²) in [6, 6.07) is 6.80. The van der Waals surface area contributed by atoms with Gasteiger partial charge in [0.15, 0.2) is 0 Å². The number of rotatable bonds is 4. The highest BCUT2D eigenvalue weighted by Crippen LogP contribution is 2.18. The maximum absolute atomic E-state index is 11.5. The summed E-state index contributed by atoms with van der Waals surface area (Å²) in [5, 5.41) is 8.71. The van der Waals surface area contributed by atoms with Crippen molar-refractivity contribution in [1.29, 1.82) is 0 Å². The van der Waals surface area contributed by atoms with Crippen LogP contribution in [0.25, 0.3) is 0 Å². The molecule has 0 aliphatic rings. The number of carbonyl (C=O) groups excluding carboxylic acids is 1. The maximum atomic E-state index is 11.5. The van der Waals surface area contributed by atoms with Crippen molar-refractivity contribution < 1.29 is 14.7 Å². The van der Waals surface area contributed by atoms with E-state index in [9.17, 15) is 9.59 Å². The number of benzene rings is 1. The molecule has 5 heteroatoms. The van der Waals surface area contributed by atoms with Crippen LogP contribution in [0, 0.1) is 0 Å². The zero-order valence-corrected chi connectivity index (χ0v) is 9.98. The number of hydrogen-bond donors (Lipinski definition) is 1. The molecule has 0 saturated heterocycles. The van der Waals surface area contributed by atoms with Gasteiger partial charge in [-0.25, -0.2) is 0 Å². The molecule has 0 atom stereocenters. The van der Waals surface area contributed by atoms with Crippen molar-refractivity contribution in [2.24, 2.45) is 0 Å². The Morgan fingerprint density at radius 1 is 1.38 bits per heavy atom. The normalized spacial score (nSPS) is 9.56. The molecule has 0 aliphatic heterocycles. The molecule has 0 bridgehead atoms. The minimum Gasteiger partial charge on any atom is -0.480 e. The molecule has 1 amide bonds. The molecule has 84 valence electrons. The SMILES string of the molecule is C=CC(=O)N(CC(=O)O)c1ccc(Br)cc1. The number of hydrogen-bond acceptors (Lipinski definition) is 2. The van der Waals surface area contributed by atoms with Gasteiger partial charge in [0.2, 0.25) is 0 Å². The Labute approximate surface area is 101 Å². The van der Waals surface area contributed by atoms with E-state index in [1.165, 1.54) is 0 Å². The van der Waals surface area contributed by atoms with Gasteiger partial charge in [-0.3, -0.25) is 14.5 Å². The molecule has 0 spiro atoms. The fourth-order valence-corrected chi connectivity index (χ4v) is 1.43. The van der Waals surface area contributed by atoms with Crippen LogP contribution in [0.2, 0.25) is 0 Å². The van der Waals surface area contributed by atoms with Crippen molar-refractivity contribution in [2.75, 3.05) is 11.4 Å². The van der Waals surface area contributed by atoms with Crippen LogP contribution in [0.5, 0.6) is 0 Å². The summed E-state index contributed by atoms with van der Waals surface area (Å²) in [4.78, 5) is 23.2. The first-order chi connectivity index (χ1) is 7.54. The minimum absolute atomic E-state index is 0.382. The molecule has 0 aliphatic carbocycles. The summed E-state index contributed by atoms with van der Waals surface area (Å²) in [6.45, 7) is 2.96. The molecule has 1 aromatic carbocycles. The van der Waals surface area contributed by atoms with Crippen LogP contribution in [-0.4, -0.2) is 23.5 Å². The highest BCUT2D eigenvalue weighted by Gasteiger charge is 2.15. The molecule has 0 radical (unpaired) electrons. The lowest BCUT2D eigenvalue weighted by Crippen LogP contribution is -2.34. The number of amides is 1. The van der Waals surface area contributed by atoms with Gasteiger partial charge in [-0.05, 0) is 30.3 Å². The molecule has 16 heavy (non-hydrogen) atoms. The van der Waals surface area contributed by atoms with E-state index in [2.05, 4.69) is 22.5 Å². The lowest BCUT2D eigenvalue weighted by Gasteiger charge is -2.18. The van der Waals surface area contributed by atoms with E-state index in [0.717, 1.165) is 15.4 Å². The second kappa shape index (κ2) is 5.46. The van der Waals surface area contributed by atoms with E-state index >= 15 is 0 Å². The van der Waals surface area contributed by atoms with Gasteiger partial charge in [-0.15, -0.1) is 0 Å². The van der Waals surface area contributed by atoms with Gasteiger partial charge in [0.25, 0.3) is 5.91 Å². The number of nitrogens with zero attached hydrogens (tertiary/aromatic N) is 1. The summed E-state index contributed by atoms with van der Waals surface area (Å²) in [6.07, 6.45) is 1.09. The Kier molecular flexibility index (Phi) is 4.25. The van der Waals surface area contributed by atoms with E-state index in [1.54, 1.807) is 24.3 Å². The van der Waals surface area contributed by atoms with Gasteiger partial charge in [0.1, 0.15) is 6.54 Å². The third kappa shape index (κ3) is 3.20. The van der Waals surface area contributed by atoms with Crippen LogP contribution in [0.3, 0.4) is 0 Å². The predicted octanol–water partition coefficient (Wildman–Crippen LogP) is 2.05. The monoisotopic (exact) mass is 283 g/mol. The van der Waals surface area contributed by atoms with Gasteiger partial charge in [-0.2, -0.15) is 0 Å².